The number of hydrogen-bond donors (Lipinski definition) is 0. The predicted octanol–water partition coefficient (Wildman–Crippen LogP) is 16.4. The highest BCUT2D eigenvalue weighted by molar-refractivity contribution is 5.72. The summed E-state index contributed by atoms with van der Waals surface area (Å²) in [6.45, 7) is 6.33. The lowest BCUT2D eigenvalue weighted by molar-refractivity contribution is -0.166. The minimum absolute atomic E-state index is 0.0962. The van der Waals surface area contributed by atoms with Crippen molar-refractivity contribution in [1.29, 1.82) is 0 Å². The van der Waals surface area contributed by atoms with Gasteiger partial charge in [-0.1, -0.05) is 215 Å². The van der Waals surface area contributed by atoms with Gasteiger partial charge in [-0.15, -0.1) is 0 Å². The van der Waals surface area contributed by atoms with E-state index in [0.717, 1.165) is 89.9 Å². The van der Waals surface area contributed by atoms with E-state index < -0.39 is 12.1 Å². The zero-order valence-electron chi connectivity index (χ0n) is 39.7. The Balaban J connectivity index is 4.22. The summed E-state index contributed by atoms with van der Waals surface area (Å²) in [5, 5.41) is 0. The summed E-state index contributed by atoms with van der Waals surface area (Å²) < 4.78 is 16.5. The molecule has 1 atom stereocenters. The summed E-state index contributed by atoms with van der Waals surface area (Å²) in [4.78, 5) is 37.5. The Morgan fingerprint density at radius 1 is 0.361 bits per heavy atom. The van der Waals surface area contributed by atoms with E-state index in [1.807, 2.05) is 6.08 Å². The molecule has 0 aliphatic rings. The monoisotopic (exact) mass is 849 g/mol. The Kier molecular flexibility index (Phi) is 46.5. The zero-order valence-corrected chi connectivity index (χ0v) is 39.7. The molecule has 0 radical (unpaired) electrons. The highest BCUT2D eigenvalue weighted by Gasteiger charge is 2.19. The molecule has 0 N–H and O–H groups in total. The van der Waals surface area contributed by atoms with Crippen molar-refractivity contribution in [2.24, 2.45) is 0 Å². The fraction of sp³-hybridized carbons (Fsp3) is 0.691. The van der Waals surface area contributed by atoms with Gasteiger partial charge in [0.1, 0.15) is 13.2 Å². The van der Waals surface area contributed by atoms with E-state index in [-0.39, 0.29) is 31.6 Å². The topological polar surface area (TPSA) is 78.9 Å². The number of esters is 3. The smallest absolute Gasteiger partial charge is 0.310 e. The van der Waals surface area contributed by atoms with Gasteiger partial charge in [0.2, 0.25) is 0 Å². The number of carbonyl (C=O) groups excluding carboxylic acids is 3. The van der Waals surface area contributed by atoms with Crippen LogP contribution < -0.4 is 0 Å². The second-order valence-electron chi connectivity index (χ2n) is 16.4. The number of unbranched alkanes of at least 4 members (excludes halogenated alkanes) is 20. The zero-order chi connectivity index (χ0) is 44.4. The molecule has 0 aliphatic carbocycles. The maximum Gasteiger partial charge on any atom is 0.310 e. The Morgan fingerprint density at radius 3 is 1.08 bits per heavy atom. The number of rotatable bonds is 44. The van der Waals surface area contributed by atoms with Crippen LogP contribution in [0.2, 0.25) is 0 Å². The molecule has 0 aromatic carbocycles. The Labute approximate surface area is 375 Å². The lowest BCUT2D eigenvalue weighted by atomic mass is 10.0. The molecule has 348 valence electrons. The highest BCUT2D eigenvalue weighted by atomic mass is 16.6. The van der Waals surface area contributed by atoms with Crippen LogP contribution in [0.25, 0.3) is 0 Å². The summed E-state index contributed by atoms with van der Waals surface area (Å²) in [5.41, 5.74) is 0. The van der Waals surface area contributed by atoms with Crippen LogP contribution in [0.1, 0.15) is 226 Å². The average Bonchev–Trinajstić information content (AvgIpc) is 3.26. The van der Waals surface area contributed by atoms with Gasteiger partial charge in [0, 0.05) is 12.8 Å². The van der Waals surface area contributed by atoms with Crippen molar-refractivity contribution in [2.45, 2.75) is 232 Å². The molecular weight excluding hydrogens is 757 g/mol. The maximum absolute atomic E-state index is 12.6. The summed E-state index contributed by atoms with van der Waals surface area (Å²) in [6.07, 6.45) is 63.5. The van der Waals surface area contributed by atoms with E-state index in [2.05, 4.69) is 93.7 Å². The van der Waals surface area contributed by atoms with Gasteiger partial charge >= 0.3 is 17.9 Å². The molecule has 0 rings (SSSR count). The minimum atomic E-state index is -0.827. The van der Waals surface area contributed by atoms with Gasteiger partial charge in [0.05, 0.1) is 6.42 Å². The number of allylic oxidation sites excluding steroid dienone is 13. The number of carbonyl (C=O) groups is 3. The van der Waals surface area contributed by atoms with Gasteiger partial charge in [0.15, 0.2) is 6.10 Å². The van der Waals surface area contributed by atoms with Crippen molar-refractivity contribution < 1.29 is 28.6 Å². The molecule has 61 heavy (non-hydrogen) atoms. The number of hydrogen-bond acceptors (Lipinski definition) is 6. The first kappa shape index (κ1) is 57.6. The average molecular weight is 849 g/mol. The first-order valence-electron chi connectivity index (χ1n) is 25.1. The van der Waals surface area contributed by atoms with Crippen LogP contribution in [0, 0.1) is 0 Å². The van der Waals surface area contributed by atoms with Crippen molar-refractivity contribution in [3.05, 3.63) is 85.1 Å². The minimum Gasteiger partial charge on any atom is -0.462 e. The molecule has 0 aromatic heterocycles. The van der Waals surface area contributed by atoms with Gasteiger partial charge in [0.25, 0.3) is 0 Å². The van der Waals surface area contributed by atoms with Crippen LogP contribution >= 0.6 is 0 Å². The molecule has 0 saturated heterocycles. The third-order valence-electron chi connectivity index (χ3n) is 10.4. The molecule has 0 bridgehead atoms. The normalized spacial score (nSPS) is 12.8. The largest absolute Gasteiger partial charge is 0.462 e. The molecule has 1 unspecified atom stereocenters. The quantitative estimate of drug-likeness (QED) is 0.0263. The summed E-state index contributed by atoms with van der Waals surface area (Å²) in [6, 6.07) is 0. The second-order valence-corrected chi connectivity index (χ2v) is 16.4. The van der Waals surface area contributed by atoms with Crippen LogP contribution in [-0.4, -0.2) is 37.2 Å². The molecule has 6 heteroatoms. The van der Waals surface area contributed by atoms with E-state index in [0.29, 0.717) is 12.8 Å². The van der Waals surface area contributed by atoms with E-state index >= 15 is 0 Å². The molecule has 0 fully saturated rings. The molecule has 6 nitrogen and oxygen atoms in total. The standard InChI is InChI=1S/C55H92O6/c1-4-7-10-13-15-17-19-21-23-24-25-26-27-28-29-30-32-33-35-37-39-42-45-48-54(57)60-51-52(50-59-53(56)47-44-41-12-9-6-3)61-55(58)49-46-43-40-38-36-34-31-22-20-18-16-14-11-8-5-2/h8,11,16,18-19,21-22,24-25,31,36,38,43,46,52H,4-7,9-10,12-15,17,20,23,26-30,32-35,37,39-42,44-45,47-51H2,1-3H3/b11-8-,18-16-,21-19-,25-24-,31-22-,38-36-,46-43-. The van der Waals surface area contributed by atoms with Crippen molar-refractivity contribution in [3.63, 3.8) is 0 Å². The fourth-order valence-corrected chi connectivity index (χ4v) is 6.66. The van der Waals surface area contributed by atoms with Crippen LogP contribution in [0.5, 0.6) is 0 Å². The maximum atomic E-state index is 12.6. The van der Waals surface area contributed by atoms with Gasteiger partial charge < -0.3 is 14.2 Å². The van der Waals surface area contributed by atoms with E-state index in [9.17, 15) is 14.4 Å². The van der Waals surface area contributed by atoms with E-state index in [1.54, 1.807) is 6.08 Å². The first-order valence-corrected chi connectivity index (χ1v) is 25.1. The molecular formula is C55H92O6. The summed E-state index contributed by atoms with van der Waals surface area (Å²) >= 11 is 0. The highest BCUT2D eigenvalue weighted by Crippen LogP contribution is 2.14. The lowest BCUT2D eigenvalue weighted by Crippen LogP contribution is -2.30. The lowest BCUT2D eigenvalue weighted by Gasteiger charge is -2.18. The van der Waals surface area contributed by atoms with Gasteiger partial charge in [-0.2, -0.15) is 0 Å². The molecule has 0 aliphatic heterocycles. The van der Waals surface area contributed by atoms with Crippen LogP contribution in [-0.2, 0) is 28.6 Å². The van der Waals surface area contributed by atoms with E-state index in [4.69, 9.17) is 14.2 Å². The second kappa shape index (κ2) is 49.2. The number of ether oxygens (including phenoxy) is 3. The fourth-order valence-electron chi connectivity index (χ4n) is 6.66. The molecule has 0 heterocycles. The molecule has 0 aromatic rings. The third-order valence-corrected chi connectivity index (χ3v) is 10.4. The van der Waals surface area contributed by atoms with Gasteiger partial charge in [-0.3, -0.25) is 14.4 Å². The van der Waals surface area contributed by atoms with Crippen molar-refractivity contribution in [3.8, 4) is 0 Å². The molecule has 0 saturated carbocycles. The predicted molar refractivity (Wildman–Crippen MR) is 261 cm³/mol. The van der Waals surface area contributed by atoms with E-state index in [1.165, 1.54) is 96.3 Å². The summed E-state index contributed by atoms with van der Waals surface area (Å²) in [7, 11) is 0. The molecule has 0 spiro atoms. The Morgan fingerprint density at radius 2 is 0.689 bits per heavy atom. The van der Waals surface area contributed by atoms with Gasteiger partial charge in [-0.05, 0) is 77.0 Å². The Hall–Kier alpha value is -3.41. The van der Waals surface area contributed by atoms with Crippen molar-refractivity contribution in [2.75, 3.05) is 13.2 Å². The Bertz CT molecular complexity index is 1200. The third kappa shape index (κ3) is 47.5. The van der Waals surface area contributed by atoms with Crippen LogP contribution in [0.3, 0.4) is 0 Å². The van der Waals surface area contributed by atoms with Crippen molar-refractivity contribution in [1.82, 2.24) is 0 Å². The molecule has 0 amide bonds. The SMILES string of the molecule is CC/C=C\C/C=C\C/C=C\C/C=C\C/C=C\CC(=O)OC(COC(=O)CCCCCCC)COC(=O)CCCCCCCCCCCCC/C=C\C/C=C\CCCCCCC. The van der Waals surface area contributed by atoms with Crippen molar-refractivity contribution >= 4 is 17.9 Å². The van der Waals surface area contributed by atoms with Crippen LogP contribution in [0.4, 0.5) is 0 Å². The first-order chi connectivity index (χ1) is 30.0. The summed E-state index contributed by atoms with van der Waals surface area (Å²) in [5.74, 6) is -1.07. The van der Waals surface area contributed by atoms with Crippen LogP contribution in [0.15, 0.2) is 85.1 Å². The van der Waals surface area contributed by atoms with Gasteiger partial charge in [-0.25, -0.2) is 0 Å².